The lowest BCUT2D eigenvalue weighted by Gasteiger charge is -2.38. The Balaban J connectivity index is 1.96. The van der Waals surface area contributed by atoms with Gasteiger partial charge in [-0.1, -0.05) is 19.3 Å². The fraction of sp³-hybridized carbons (Fsp3) is 0.571. The quantitative estimate of drug-likeness (QED) is 0.890. The predicted molar refractivity (Wildman–Crippen MR) is 69.6 cm³/mol. The summed E-state index contributed by atoms with van der Waals surface area (Å²) in [6, 6.07) is 3.05. The van der Waals surface area contributed by atoms with Crippen molar-refractivity contribution in [3.8, 4) is 0 Å². The van der Waals surface area contributed by atoms with Gasteiger partial charge in [-0.05, 0) is 25.0 Å². The van der Waals surface area contributed by atoms with Gasteiger partial charge < -0.3 is 10.4 Å². The lowest BCUT2D eigenvalue weighted by Crippen LogP contribution is -2.55. The third-order valence-corrected chi connectivity index (χ3v) is 3.76. The summed E-state index contributed by atoms with van der Waals surface area (Å²) in [6.07, 6.45) is 4.98. The van der Waals surface area contributed by atoms with Gasteiger partial charge in [0.05, 0.1) is 12.1 Å². The Bertz CT molecular complexity index is 460. The molecule has 2 N–H and O–H groups in total. The molecule has 2 rings (SSSR count). The molecule has 0 radical (unpaired) electrons. The van der Waals surface area contributed by atoms with Crippen LogP contribution in [0.5, 0.6) is 0 Å². The van der Waals surface area contributed by atoms with Gasteiger partial charge in [0.15, 0.2) is 0 Å². The minimum atomic E-state index is -3.33. The zero-order chi connectivity index (χ0) is 14.6. The van der Waals surface area contributed by atoms with Crippen molar-refractivity contribution in [3.05, 3.63) is 30.1 Å². The summed E-state index contributed by atoms with van der Waals surface area (Å²) in [7, 11) is 0. The number of carbonyl (C=O) groups excluding carboxylic acids is 1. The number of hydrogen-bond donors (Lipinski definition) is 2. The summed E-state index contributed by atoms with van der Waals surface area (Å²) in [5, 5.41) is 12.2. The van der Waals surface area contributed by atoms with Crippen LogP contribution in [0.2, 0.25) is 0 Å². The number of nitrogens with one attached hydrogen (secondary N) is 1. The van der Waals surface area contributed by atoms with Crippen molar-refractivity contribution in [3.63, 3.8) is 0 Å². The predicted octanol–water partition coefficient (Wildman–Crippen LogP) is 2.14. The highest BCUT2D eigenvalue weighted by Gasteiger charge is 2.52. The Hall–Kier alpha value is -1.56. The maximum Gasteiger partial charge on any atom is 0.293 e. The first-order valence-electron chi connectivity index (χ1n) is 6.73. The number of aliphatic hydroxyl groups is 1. The third-order valence-electron chi connectivity index (χ3n) is 3.76. The number of aromatic nitrogens is 1. The minimum absolute atomic E-state index is 0.0722. The van der Waals surface area contributed by atoms with E-state index in [4.69, 9.17) is 0 Å². The maximum absolute atomic E-state index is 14.1. The van der Waals surface area contributed by atoms with Crippen LogP contribution in [-0.4, -0.2) is 34.1 Å². The molecule has 0 unspecified atom stereocenters. The van der Waals surface area contributed by atoms with E-state index in [0.717, 1.165) is 6.42 Å². The fourth-order valence-electron chi connectivity index (χ4n) is 2.46. The van der Waals surface area contributed by atoms with Crippen molar-refractivity contribution in [1.82, 2.24) is 10.3 Å². The van der Waals surface area contributed by atoms with Crippen molar-refractivity contribution in [2.45, 2.75) is 43.6 Å². The highest BCUT2D eigenvalue weighted by Crippen LogP contribution is 2.40. The molecule has 110 valence electrons. The number of pyridine rings is 1. The molecule has 1 aromatic rings. The van der Waals surface area contributed by atoms with Gasteiger partial charge in [-0.25, -0.2) is 8.78 Å². The van der Waals surface area contributed by atoms with E-state index in [1.165, 1.54) is 18.5 Å². The van der Waals surface area contributed by atoms with Crippen molar-refractivity contribution in [2.75, 3.05) is 6.54 Å². The highest BCUT2D eigenvalue weighted by atomic mass is 19.3. The molecular weight excluding hydrogens is 266 g/mol. The summed E-state index contributed by atoms with van der Waals surface area (Å²) in [5.41, 5.74) is -1.79. The topological polar surface area (TPSA) is 62.2 Å². The number of carbonyl (C=O) groups is 1. The summed E-state index contributed by atoms with van der Waals surface area (Å²) in [5.74, 6) is -3.94. The largest absolute Gasteiger partial charge is 0.384 e. The number of halogens is 2. The van der Waals surface area contributed by atoms with E-state index in [1.807, 2.05) is 0 Å². The standard InChI is InChI=1S/C14H18F2N2O2/c15-14(16,13(20)6-2-1-3-7-13)10-18-12(19)11-5-4-8-17-9-11/h4-5,8-9,20H,1-3,6-7,10H2,(H,18,19). The van der Waals surface area contributed by atoms with Crippen LogP contribution in [0.15, 0.2) is 24.5 Å². The number of nitrogens with zero attached hydrogens (tertiary/aromatic N) is 1. The normalized spacial score (nSPS) is 18.6. The van der Waals surface area contributed by atoms with E-state index in [1.54, 1.807) is 6.07 Å². The summed E-state index contributed by atoms with van der Waals surface area (Å²) in [6.45, 7) is -0.864. The van der Waals surface area contributed by atoms with Crippen LogP contribution >= 0.6 is 0 Å². The van der Waals surface area contributed by atoms with Crippen LogP contribution in [0, 0.1) is 0 Å². The van der Waals surface area contributed by atoms with Crippen molar-refractivity contribution >= 4 is 5.91 Å². The van der Waals surface area contributed by atoms with Crippen LogP contribution in [0.3, 0.4) is 0 Å². The number of amides is 1. The average Bonchev–Trinajstić information content (AvgIpc) is 2.46. The lowest BCUT2D eigenvalue weighted by atomic mass is 9.80. The molecule has 1 aromatic heterocycles. The first kappa shape index (κ1) is 14.8. The first-order valence-corrected chi connectivity index (χ1v) is 6.73. The fourth-order valence-corrected chi connectivity index (χ4v) is 2.46. The molecule has 0 saturated heterocycles. The molecular formula is C14H18F2N2O2. The van der Waals surface area contributed by atoms with Crippen molar-refractivity contribution < 1.29 is 18.7 Å². The Morgan fingerprint density at radius 1 is 1.40 bits per heavy atom. The zero-order valence-electron chi connectivity index (χ0n) is 11.1. The second kappa shape index (κ2) is 5.83. The molecule has 4 nitrogen and oxygen atoms in total. The van der Waals surface area contributed by atoms with Gasteiger partial charge in [-0.15, -0.1) is 0 Å². The van der Waals surface area contributed by atoms with E-state index in [9.17, 15) is 18.7 Å². The third kappa shape index (κ3) is 3.12. The van der Waals surface area contributed by atoms with E-state index in [-0.39, 0.29) is 18.4 Å². The molecule has 1 aliphatic rings. The summed E-state index contributed by atoms with van der Waals surface area (Å²) < 4.78 is 28.2. The Morgan fingerprint density at radius 3 is 2.70 bits per heavy atom. The van der Waals surface area contributed by atoms with E-state index >= 15 is 0 Å². The molecule has 1 aliphatic carbocycles. The maximum atomic E-state index is 14.1. The molecule has 0 atom stereocenters. The SMILES string of the molecule is O=C(NCC(F)(F)C1(O)CCCCC1)c1cccnc1. The molecule has 0 aromatic carbocycles. The lowest BCUT2D eigenvalue weighted by molar-refractivity contribution is -0.191. The second-order valence-electron chi connectivity index (χ2n) is 5.22. The van der Waals surface area contributed by atoms with Crippen LogP contribution in [-0.2, 0) is 0 Å². The summed E-state index contributed by atoms with van der Waals surface area (Å²) >= 11 is 0. The van der Waals surface area contributed by atoms with Crippen LogP contribution < -0.4 is 5.32 Å². The molecule has 6 heteroatoms. The zero-order valence-corrected chi connectivity index (χ0v) is 11.1. The minimum Gasteiger partial charge on any atom is -0.384 e. The molecule has 1 amide bonds. The molecule has 20 heavy (non-hydrogen) atoms. The monoisotopic (exact) mass is 284 g/mol. The Morgan fingerprint density at radius 2 is 2.10 bits per heavy atom. The average molecular weight is 284 g/mol. The van der Waals surface area contributed by atoms with Gasteiger partial charge >= 0.3 is 0 Å². The van der Waals surface area contributed by atoms with Gasteiger partial charge in [0, 0.05) is 12.4 Å². The smallest absolute Gasteiger partial charge is 0.293 e. The van der Waals surface area contributed by atoms with Gasteiger partial charge in [0.1, 0.15) is 5.60 Å². The molecule has 1 fully saturated rings. The van der Waals surface area contributed by atoms with E-state index in [0.29, 0.717) is 12.8 Å². The number of rotatable bonds is 4. The van der Waals surface area contributed by atoms with Crippen molar-refractivity contribution in [1.29, 1.82) is 0 Å². The van der Waals surface area contributed by atoms with Crippen LogP contribution in [0.25, 0.3) is 0 Å². The number of alkyl halides is 2. The number of hydrogen-bond acceptors (Lipinski definition) is 3. The van der Waals surface area contributed by atoms with Gasteiger partial charge in [0.2, 0.25) is 0 Å². The Kier molecular flexibility index (Phi) is 4.32. The Labute approximate surface area is 116 Å². The van der Waals surface area contributed by atoms with E-state index in [2.05, 4.69) is 10.3 Å². The molecule has 1 heterocycles. The van der Waals surface area contributed by atoms with Gasteiger partial charge in [0.25, 0.3) is 11.8 Å². The second-order valence-corrected chi connectivity index (χ2v) is 5.22. The molecule has 0 aliphatic heterocycles. The molecule has 1 saturated carbocycles. The summed E-state index contributed by atoms with van der Waals surface area (Å²) in [4.78, 5) is 15.5. The molecule has 0 spiro atoms. The highest BCUT2D eigenvalue weighted by molar-refractivity contribution is 5.93. The van der Waals surface area contributed by atoms with E-state index < -0.39 is 24.0 Å². The van der Waals surface area contributed by atoms with Gasteiger partial charge in [-0.3, -0.25) is 9.78 Å². The van der Waals surface area contributed by atoms with Crippen LogP contribution in [0.1, 0.15) is 42.5 Å². The van der Waals surface area contributed by atoms with Gasteiger partial charge in [-0.2, -0.15) is 0 Å². The molecule has 0 bridgehead atoms. The van der Waals surface area contributed by atoms with Crippen molar-refractivity contribution in [2.24, 2.45) is 0 Å². The van der Waals surface area contributed by atoms with Crippen LogP contribution in [0.4, 0.5) is 8.78 Å². The first-order chi connectivity index (χ1) is 9.45.